The van der Waals surface area contributed by atoms with Crippen molar-refractivity contribution in [2.24, 2.45) is 0 Å². The van der Waals surface area contributed by atoms with Crippen molar-refractivity contribution >= 4 is 5.91 Å². The van der Waals surface area contributed by atoms with Gasteiger partial charge >= 0.3 is 0 Å². The van der Waals surface area contributed by atoms with E-state index in [4.69, 9.17) is 0 Å². The third-order valence-corrected chi connectivity index (χ3v) is 12.0. The molecular weight excluding hydrogens is 703 g/mol. The molecule has 0 fully saturated rings. The first-order valence-corrected chi connectivity index (χ1v) is 25.6. The van der Waals surface area contributed by atoms with Crippen LogP contribution in [-0.2, 0) is 4.79 Å². The maximum Gasteiger partial charge on any atom is 0.220 e. The summed E-state index contributed by atoms with van der Waals surface area (Å²) in [5.74, 6) is -0.153. The summed E-state index contributed by atoms with van der Waals surface area (Å²) in [5, 5.41) is 33.6. The van der Waals surface area contributed by atoms with Gasteiger partial charge in [0.15, 0.2) is 0 Å². The summed E-state index contributed by atoms with van der Waals surface area (Å²) in [6.45, 7) is 4.18. The van der Waals surface area contributed by atoms with E-state index in [1.165, 1.54) is 205 Å². The van der Waals surface area contributed by atoms with Gasteiger partial charge < -0.3 is 20.6 Å². The molecule has 5 heteroatoms. The highest BCUT2D eigenvalue weighted by Crippen LogP contribution is 2.17. The molecule has 0 radical (unpaired) electrons. The summed E-state index contributed by atoms with van der Waals surface area (Å²) < 4.78 is 0. The molecule has 3 unspecified atom stereocenters. The van der Waals surface area contributed by atoms with Crippen molar-refractivity contribution < 1.29 is 20.1 Å². The number of hydrogen-bond donors (Lipinski definition) is 4. The first kappa shape index (κ1) is 55.8. The smallest absolute Gasteiger partial charge is 0.220 e. The van der Waals surface area contributed by atoms with Crippen LogP contribution in [-0.4, -0.2) is 46.1 Å². The summed E-state index contributed by atoms with van der Waals surface area (Å²) in [6, 6.07) is -0.829. The molecule has 0 aliphatic rings. The monoisotopic (exact) mass is 804 g/mol. The Balaban J connectivity index is 3.55. The first-order chi connectivity index (χ1) is 28.1. The minimum absolute atomic E-state index is 0.153. The highest BCUT2D eigenvalue weighted by atomic mass is 16.3. The number of aliphatic hydroxyl groups is 3. The summed E-state index contributed by atoms with van der Waals surface area (Å²) in [4.78, 5) is 12.5. The predicted octanol–water partition coefficient (Wildman–Crippen LogP) is 15.3. The molecular formula is C52H101NO4. The van der Waals surface area contributed by atoms with Crippen molar-refractivity contribution in [3.05, 3.63) is 24.3 Å². The molecule has 1 amide bonds. The van der Waals surface area contributed by atoms with Gasteiger partial charge in [0.05, 0.1) is 18.8 Å². The quantitative estimate of drug-likeness (QED) is 0.0364. The van der Waals surface area contributed by atoms with Crippen molar-refractivity contribution in [1.82, 2.24) is 5.32 Å². The number of aliphatic hydroxyl groups excluding tert-OH is 3. The molecule has 5 nitrogen and oxygen atoms in total. The maximum absolute atomic E-state index is 12.5. The molecule has 0 heterocycles. The van der Waals surface area contributed by atoms with Crippen molar-refractivity contribution in [3.8, 4) is 0 Å². The van der Waals surface area contributed by atoms with Crippen molar-refractivity contribution in [2.45, 2.75) is 295 Å². The lowest BCUT2D eigenvalue weighted by Gasteiger charge is -2.26. The van der Waals surface area contributed by atoms with Gasteiger partial charge in [0.1, 0.15) is 6.10 Å². The number of allylic oxidation sites excluding steroid dienone is 4. The Labute approximate surface area is 356 Å². The highest BCUT2D eigenvalue weighted by molar-refractivity contribution is 5.76. The number of nitrogens with one attached hydrogen (secondary N) is 1. The summed E-state index contributed by atoms with van der Waals surface area (Å²) in [5.41, 5.74) is 0. The molecule has 0 spiro atoms. The van der Waals surface area contributed by atoms with E-state index in [2.05, 4.69) is 43.5 Å². The van der Waals surface area contributed by atoms with E-state index in [-0.39, 0.29) is 12.5 Å². The Hall–Kier alpha value is -1.17. The van der Waals surface area contributed by atoms with Crippen LogP contribution < -0.4 is 5.32 Å². The van der Waals surface area contributed by atoms with E-state index in [1.807, 2.05) is 0 Å². The number of unbranched alkanes of at least 4 members (excludes halogenated alkanes) is 35. The Kier molecular flexibility index (Phi) is 46.5. The van der Waals surface area contributed by atoms with E-state index >= 15 is 0 Å². The largest absolute Gasteiger partial charge is 0.394 e. The molecule has 338 valence electrons. The number of carbonyl (C=O) groups excluding carboxylic acids is 1. The van der Waals surface area contributed by atoms with Gasteiger partial charge in [-0.3, -0.25) is 4.79 Å². The van der Waals surface area contributed by atoms with Crippen LogP contribution in [0.5, 0.6) is 0 Å². The van der Waals surface area contributed by atoms with Crippen LogP contribution in [0, 0.1) is 0 Å². The van der Waals surface area contributed by atoms with Gasteiger partial charge in [0, 0.05) is 6.42 Å². The molecule has 0 saturated carbocycles. The molecule has 0 aliphatic carbocycles. The van der Waals surface area contributed by atoms with Gasteiger partial charge in [0.2, 0.25) is 5.91 Å². The summed E-state index contributed by atoms with van der Waals surface area (Å²) >= 11 is 0. The summed E-state index contributed by atoms with van der Waals surface area (Å²) in [6.07, 6.45) is 58.9. The van der Waals surface area contributed by atoms with Crippen LogP contribution in [0.4, 0.5) is 0 Å². The lowest BCUT2D eigenvalue weighted by molar-refractivity contribution is -0.124. The van der Waals surface area contributed by atoms with Crippen LogP contribution in [0.2, 0.25) is 0 Å². The number of hydrogen-bond acceptors (Lipinski definition) is 4. The fourth-order valence-electron chi connectivity index (χ4n) is 8.06. The molecule has 0 aromatic rings. The zero-order chi connectivity index (χ0) is 41.5. The molecule has 57 heavy (non-hydrogen) atoms. The molecule has 0 saturated heterocycles. The zero-order valence-electron chi connectivity index (χ0n) is 38.5. The molecule has 0 aromatic carbocycles. The first-order valence-electron chi connectivity index (χ1n) is 25.6. The lowest BCUT2D eigenvalue weighted by atomic mass is 10.0. The van der Waals surface area contributed by atoms with Crippen molar-refractivity contribution in [2.75, 3.05) is 6.61 Å². The van der Waals surface area contributed by atoms with Crippen LogP contribution in [0.25, 0.3) is 0 Å². The maximum atomic E-state index is 12.5. The average Bonchev–Trinajstić information content (AvgIpc) is 3.22. The molecule has 0 aliphatic heterocycles. The van der Waals surface area contributed by atoms with Gasteiger partial charge in [-0.1, -0.05) is 244 Å². The predicted molar refractivity (Wildman–Crippen MR) is 250 cm³/mol. The SMILES string of the molecule is CCCCCCCCC/C=C/CC/C=C/CCCC(O)C(O)C(CO)NC(=O)CCCCCCCCCCCCCCCCCCCCCCCCCCCCC. The molecule has 3 atom stereocenters. The van der Waals surface area contributed by atoms with Gasteiger partial charge in [-0.25, -0.2) is 0 Å². The van der Waals surface area contributed by atoms with Gasteiger partial charge in [-0.15, -0.1) is 0 Å². The number of amides is 1. The third-order valence-electron chi connectivity index (χ3n) is 12.0. The fourth-order valence-corrected chi connectivity index (χ4v) is 8.06. The Morgan fingerprint density at radius 2 is 0.719 bits per heavy atom. The Bertz CT molecular complexity index is 844. The number of carbonyl (C=O) groups is 1. The third kappa shape index (κ3) is 42.8. The second kappa shape index (κ2) is 47.5. The molecule has 0 rings (SSSR count). The van der Waals surface area contributed by atoms with Crippen LogP contribution in [0.1, 0.15) is 277 Å². The normalized spacial score (nSPS) is 13.6. The van der Waals surface area contributed by atoms with Crippen LogP contribution in [0.3, 0.4) is 0 Å². The van der Waals surface area contributed by atoms with E-state index in [9.17, 15) is 20.1 Å². The lowest BCUT2D eigenvalue weighted by Crippen LogP contribution is -2.50. The van der Waals surface area contributed by atoms with Gasteiger partial charge in [-0.05, 0) is 51.4 Å². The van der Waals surface area contributed by atoms with Crippen molar-refractivity contribution in [3.63, 3.8) is 0 Å². The fraction of sp³-hybridized carbons (Fsp3) is 0.904. The zero-order valence-corrected chi connectivity index (χ0v) is 38.5. The number of rotatable bonds is 47. The molecule has 0 aromatic heterocycles. The van der Waals surface area contributed by atoms with Crippen molar-refractivity contribution in [1.29, 1.82) is 0 Å². The molecule has 0 bridgehead atoms. The van der Waals surface area contributed by atoms with E-state index in [0.29, 0.717) is 12.8 Å². The average molecular weight is 804 g/mol. The topological polar surface area (TPSA) is 89.8 Å². The van der Waals surface area contributed by atoms with E-state index in [0.717, 1.165) is 44.9 Å². The van der Waals surface area contributed by atoms with Gasteiger partial charge in [-0.2, -0.15) is 0 Å². The minimum atomic E-state index is -1.16. The Morgan fingerprint density at radius 1 is 0.421 bits per heavy atom. The Morgan fingerprint density at radius 3 is 1.07 bits per heavy atom. The van der Waals surface area contributed by atoms with Gasteiger partial charge in [0.25, 0.3) is 0 Å². The standard InChI is InChI=1S/C52H101NO4/c1-3-5-7-9-11-13-15-17-19-21-22-23-24-25-26-27-28-29-30-31-33-35-37-39-41-43-45-47-51(56)53-49(48-54)52(57)50(55)46-44-42-40-38-36-34-32-20-18-16-14-12-10-8-6-4-2/h20,32,38,40,49-50,52,54-55,57H,3-19,21-31,33-37,39,41-48H2,1-2H3,(H,53,56)/b32-20+,40-38+. The summed E-state index contributed by atoms with van der Waals surface area (Å²) in [7, 11) is 0. The second-order valence-electron chi connectivity index (χ2n) is 17.7. The highest BCUT2D eigenvalue weighted by Gasteiger charge is 2.26. The van der Waals surface area contributed by atoms with Crippen LogP contribution >= 0.6 is 0 Å². The van der Waals surface area contributed by atoms with E-state index in [1.54, 1.807) is 0 Å². The molecule has 4 N–H and O–H groups in total. The van der Waals surface area contributed by atoms with E-state index < -0.39 is 18.2 Å². The second-order valence-corrected chi connectivity index (χ2v) is 17.7. The van der Waals surface area contributed by atoms with Crippen LogP contribution in [0.15, 0.2) is 24.3 Å². The minimum Gasteiger partial charge on any atom is -0.394 e.